The lowest BCUT2D eigenvalue weighted by Gasteiger charge is -2.21. The highest BCUT2D eigenvalue weighted by atomic mass is 16.5. The Balaban J connectivity index is 2.41. The predicted octanol–water partition coefficient (Wildman–Crippen LogP) is 3.07. The molecule has 2 rings (SSSR count). The molecule has 0 atom stereocenters. The Labute approximate surface area is 116 Å². The molecule has 1 fully saturated rings. The third-order valence-corrected chi connectivity index (χ3v) is 3.75. The van der Waals surface area contributed by atoms with Crippen LogP contribution in [-0.4, -0.2) is 22.3 Å². The predicted molar refractivity (Wildman–Crippen MR) is 78.4 cm³/mol. The molecule has 0 aliphatic heterocycles. The van der Waals surface area contributed by atoms with Crippen LogP contribution in [0.15, 0.2) is 0 Å². The summed E-state index contributed by atoms with van der Waals surface area (Å²) in [6.45, 7) is 10.7. The van der Waals surface area contributed by atoms with Crippen molar-refractivity contribution in [3.63, 3.8) is 0 Å². The summed E-state index contributed by atoms with van der Waals surface area (Å²) < 4.78 is 7.75. The van der Waals surface area contributed by atoms with E-state index in [1.54, 1.807) is 7.11 Å². The molecule has 19 heavy (non-hydrogen) atoms. The monoisotopic (exact) mass is 265 g/mol. The number of aromatic nitrogens is 2. The fourth-order valence-electron chi connectivity index (χ4n) is 2.33. The lowest BCUT2D eigenvalue weighted by atomic mass is 9.95. The molecule has 0 unspecified atom stereocenters. The maximum Gasteiger partial charge on any atom is 0.127 e. The molecule has 4 heteroatoms. The van der Waals surface area contributed by atoms with Gasteiger partial charge in [0, 0.05) is 25.0 Å². The average Bonchev–Trinajstić information content (AvgIpc) is 3.05. The molecule has 0 bridgehead atoms. The molecule has 1 aliphatic carbocycles. The second-order valence-electron chi connectivity index (χ2n) is 7.26. The maximum atomic E-state index is 6.35. The van der Waals surface area contributed by atoms with Gasteiger partial charge in [-0.2, -0.15) is 0 Å². The molecule has 0 amide bonds. The SMILES string of the molecule is COC(C)(C)Cc1nc(C(C)(C)C)n(C2CC2)c1N. The Bertz CT molecular complexity index is 464. The molecule has 1 aromatic heterocycles. The number of ether oxygens (including phenoxy) is 1. The van der Waals surface area contributed by atoms with Crippen LogP contribution in [-0.2, 0) is 16.6 Å². The Morgan fingerprint density at radius 1 is 1.26 bits per heavy atom. The van der Waals surface area contributed by atoms with Crippen LogP contribution >= 0.6 is 0 Å². The van der Waals surface area contributed by atoms with Gasteiger partial charge < -0.3 is 15.0 Å². The van der Waals surface area contributed by atoms with Crippen LogP contribution < -0.4 is 5.73 Å². The number of anilines is 1. The van der Waals surface area contributed by atoms with Crippen molar-refractivity contribution in [2.45, 2.75) is 70.9 Å². The molecule has 1 aromatic rings. The Morgan fingerprint density at radius 3 is 2.26 bits per heavy atom. The number of nitrogens with two attached hydrogens (primary N) is 1. The number of imidazole rings is 1. The van der Waals surface area contributed by atoms with Gasteiger partial charge in [-0.05, 0) is 26.7 Å². The van der Waals surface area contributed by atoms with Crippen LogP contribution in [0.5, 0.6) is 0 Å². The second kappa shape index (κ2) is 4.51. The molecule has 0 radical (unpaired) electrons. The number of methoxy groups -OCH3 is 1. The summed E-state index contributed by atoms with van der Waals surface area (Å²) >= 11 is 0. The average molecular weight is 265 g/mol. The molecule has 2 N–H and O–H groups in total. The maximum absolute atomic E-state index is 6.35. The molecule has 0 aromatic carbocycles. The van der Waals surface area contributed by atoms with E-state index in [9.17, 15) is 0 Å². The molecule has 1 aliphatic rings. The summed E-state index contributed by atoms with van der Waals surface area (Å²) in [4.78, 5) is 4.83. The van der Waals surface area contributed by atoms with Crippen LogP contribution in [0.2, 0.25) is 0 Å². The largest absolute Gasteiger partial charge is 0.384 e. The van der Waals surface area contributed by atoms with Crippen LogP contribution in [0, 0.1) is 0 Å². The standard InChI is InChI=1S/C15H27N3O/c1-14(2,3)13-17-11(9-15(4,5)19-6)12(16)18(13)10-7-8-10/h10H,7-9,16H2,1-6H3. The Hall–Kier alpha value is -1.03. The first-order valence-electron chi connectivity index (χ1n) is 7.08. The zero-order chi connectivity index (χ0) is 14.4. The van der Waals surface area contributed by atoms with E-state index in [2.05, 4.69) is 39.2 Å². The minimum absolute atomic E-state index is 0.0200. The van der Waals surface area contributed by atoms with E-state index < -0.39 is 0 Å². The van der Waals surface area contributed by atoms with E-state index in [1.165, 1.54) is 12.8 Å². The zero-order valence-electron chi connectivity index (χ0n) is 13.1. The smallest absolute Gasteiger partial charge is 0.127 e. The number of nitrogens with zero attached hydrogens (tertiary/aromatic N) is 2. The van der Waals surface area contributed by atoms with Gasteiger partial charge in [0.05, 0.1) is 11.3 Å². The summed E-state index contributed by atoms with van der Waals surface area (Å²) in [7, 11) is 1.73. The van der Waals surface area contributed by atoms with Crippen LogP contribution in [0.1, 0.15) is 65.0 Å². The summed E-state index contributed by atoms with van der Waals surface area (Å²) in [6, 6.07) is 0.557. The summed E-state index contributed by atoms with van der Waals surface area (Å²) in [5.41, 5.74) is 7.11. The number of hydrogen-bond donors (Lipinski definition) is 1. The van der Waals surface area contributed by atoms with Crippen LogP contribution in [0.3, 0.4) is 0 Å². The van der Waals surface area contributed by atoms with Crippen molar-refractivity contribution in [2.75, 3.05) is 12.8 Å². The summed E-state index contributed by atoms with van der Waals surface area (Å²) in [5.74, 6) is 1.94. The highest BCUT2D eigenvalue weighted by Crippen LogP contribution is 2.42. The van der Waals surface area contributed by atoms with E-state index in [0.717, 1.165) is 23.8 Å². The van der Waals surface area contributed by atoms with Crippen molar-refractivity contribution in [1.82, 2.24) is 9.55 Å². The summed E-state index contributed by atoms with van der Waals surface area (Å²) in [5, 5.41) is 0. The van der Waals surface area contributed by atoms with Gasteiger partial charge in [0.15, 0.2) is 0 Å². The van der Waals surface area contributed by atoms with Crippen LogP contribution in [0.4, 0.5) is 5.82 Å². The van der Waals surface area contributed by atoms with Gasteiger partial charge in [-0.1, -0.05) is 20.8 Å². The van der Waals surface area contributed by atoms with Gasteiger partial charge in [0.1, 0.15) is 11.6 Å². The second-order valence-corrected chi connectivity index (χ2v) is 7.26. The Kier molecular flexibility index (Phi) is 3.42. The fraction of sp³-hybridized carbons (Fsp3) is 0.800. The van der Waals surface area contributed by atoms with E-state index in [4.69, 9.17) is 15.5 Å². The third-order valence-electron chi connectivity index (χ3n) is 3.75. The molecular formula is C15H27N3O. The minimum Gasteiger partial charge on any atom is -0.384 e. The molecule has 108 valence electrons. The molecular weight excluding hydrogens is 238 g/mol. The fourth-order valence-corrected chi connectivity index (χ4v) is 2.33. The molecule has 4 nitrogen and oxygen atoms in total. The van der Waals surface area contributed by atoms with Crippen molar-refractivity contribution in [3.05, 3.63) is 11.5 Å². The van der Waals surface area contributed by atoms with Crippen molar-refractivity contribution in [2.24, 2.45) is 0 Å². The van der Waals surface area contributed by atoms with E-state index in [-0.39, 0.29) is 11.0 Å². The zero-order valence-corrected chi connectivity index (χ0v) is 13.1. The van der Waals surface area contributed by atoms with E-state index >= 15 is 0 Å². The Morgan fingerprint density at radius 2 is 1.84 bits per heavy atom. The number of hydrogen-bond acceptors (Lipinski definition) is 3. The van der Waals surface area contributed by atoms with Gasteiger partial charge in [-0.25, -0.2) is 4.98 Å². The molecule has 1 heterocycles. The van der Waals surface area contributed by atoms with Crippen LogP contribution in [0.25, 0.3) is 0 Å². The third kappa shape index (κ3) is 2.94. The molecule has 1 saturated carbocycles. The van der Waals surface area contributed by atoms with Gasteiger partial charge in [-0.3, -0.25) is 0 Å². The normalized spacial score (nSPS) is 16.9. The van der Waals surface area contributed by atoms with Gasteiger partial charge >= 0.3 is 0 Å². The first-order chi connectivity index (χ1) is 8.65. The van der Waals surface area contributed by atoms with Gasteiger partial charge in [0.25, 0.3) is 0 Å². The van der Waals surface area contributed by atoms with Gasteiger partial charge in [0.2, 0.25) is 0 Å². The van der Waals surface area contributed by atoms with Crippen molar-refractivity contribution >= 4 is 5.82 Å². The first-order valence-corrected chi connectivity index (χ1v) is 7.08. The number of rotatable bonds is 4. The first kappa shape index (κ1) is 14.4. The minimum atomic E-state index is -0.230. The number of nitrogen functional groups attached to an aromatic ring is 1. The van der Waals surface area contributed by atoms with Gasteiger partial charge in [-0.15, -0.1) is 0 Å². The quantitative estimate of drug-likeness (QED) is 0.910. The van der Waals surface area contributed by atoms with Crippen molar-refractivity contribution in [3.8, 4) is 0 Å². The molecule has 0 saturated heterocycles. The van der Waals surface area contributed by atoms with Crippen molar-refractivity contribution < 1.29 is 4.74 Å². The van der Waals surface area contributed by atoms with Crippen molar-refractivity contribution in [1.29, 1.82) is 0 Å². The highest BCUT2D eigenvalue weighted by molar-refractivity contribution is 5.42. The van der Waals surface area contributed by atoms with E-state index in [0.29, 0.717) is 6.04 Å². The summed E-state index contributed by atoms with van der Waals surface area (Å²) in [6.07, 6.45) is 3.19. The van der Waals surface area contributed by atoms with E-state index in [1.807, 2.05) is 0 Å². The molecule has 0 spiro atoms. The topological polar surface area (TPSA) is 53.1 Å². The lowest BCUT2D eigenvalue weighted by Crippen LogP contribution is -2.26. The lowest BCUT2D eigenvalue weighted by molar-refractivity contribution is 0.0226. The highest BCUT2D eigenvalue weighted by Gasteiger charge is 2.34.